The van der Waals surface area contributed by atoms with Gasteiger partial charge in [-0.15, -0.1) is 0 Å². The highest BCUT2D eigenvalue weighted by Gasteiger charge is 2.29. The summed E-state index contributed by atoms with van der Waals surface area (Å²) >= 11 is 0. The van der Waals surface area contributed by atoms with E-state index >= 15 is 0 Å². The maximum Gasteiger partial charge on any atom is 0.374 e. The Hall–Kier alpha value is -2.49. The Morgan fingerprint density at radius 1 is 1.00 bits per heavy atom. The van der Waals surface area contributed by atoms with E-state index in [9.17, 15) is 24.0 Å². The molecule has 20 heavy (non-hydrogen) atoms. The minimum atomic E-state index is -1.84. The summed E-state index contributed by atoms with van der Waals surface area (Å²) in [5.41, 5.74) is 5.23. The zero-order valence-electron chi connectivity index (χ0n) is 10.2. The van der Waals surface area contributed by atoms with Crippen molar-refractivity contribution >= 4 is 29.6 Å². The molecule has 0 bridgehead atoms. The largest absolute Gasteiger partial charge is 0.481 e. The second-order valence-electron chi connectivity index (χ2n) is 3.87. The Labute approximate surface area is 112 Å². The van der Waals surface area contributed by atoms with Crippen LogP contribution in [0.3, 0.4) is 0 Å². The molecule has 0 aromatic heterocycles. The van der Waals surface area contributed by atoms with E-state index < -0.39 is 60.9 Å². The number of carboxylic acids is 3. The molecule has 2 atom stereocenters. The zero-order valence-corrected chi connectivity index (χ0v) is 10.2. The van der Waals surface area contributed by atoms with Gasteiger partial charge in [0.05, 0.1) is 18.5 Å². The second-order valence-corrected chi connectivity index (χ2v) is 3.87. The van der Waals surface area contributed by atoms with Crippen LogP contribution < -0.4 is 11.1 Å². The average molecular weight is 290 g/mol. The molecule has 0 saturated heterocycles. The van der Waals surface area contributed by atoms with Crippen LogP contribution in [0.2, 0.25) is 0 Å². The van der Waals surface area contributed by atoms with Gasteiger partial charge in [-0.1, -0.05) is 0 Å². The van der Waals surface area contributed by atoms with Crippen molar-refractivity contribution in [3.63, 3.8) is 0 Å². The minimum absolute atomic E-state index is 0.438. The number of nitrogens with two attached hydrogens (primary N) is 1. The SMILES string of the molecule is N[C@@H](CC(=O)O)C(=O)N[C@@H](CCC(=O)O)C(=O)C(=O)O. The molecule has 0 fully saturated rings. The molecule has 0 aliphatic rings. The number of nitrogens with one attached hydrogen (secondary N) is 1. The quantitative estimate of drug-likeness (QED) is 0.294. The monoisotopic (exact) mass is 290 g/mol. The van der Waals surface area contributed by atoms with Crippen molar-refractivity contribution in [3.8, 4) is 0 Å². The van der Waals surface area contributed by atoms with E-state index in [1.54, 1.807) is 0 Å². The summed E-state index contributed by atoms with van der Waals surface area (Å²) in [4.78, 5) is 54.0. The van der Waals surface area contributed by atoms with Gasteiger partial charge in [0, 0.05) is 6.42 Å². The Morgan fingerprint density at radius 2 is 1.55 bits per heavy atom. The minimum Gasteiger partial charge on any atom is -0.481 e. The van der Waals surface area contributed by atoms with Crippen LogP contribution in [0, 0.1) is 0 Å². The van der Waals surface area contributed by atoms with Crippen LogP contribution in [0.4, 0.5) is 0 Å². The number of Topliss-reactive ketones (excluding diaryl/α,β-unsaturated/α-hetero) is 1. The van der Waals surface area contributed by atoms with Crippen molar-refractivity contribution in [2.45, 2.75) is 31.3 Å². The third kappa shape index (κ3) is 6.44. The first kappa shape index (κ1) is 17.5. The van der Waals surface area contributed by atoms with Gasteiger partial charge in [-0.05, 0) is 6.42 Å². The van der Waals surface area contributed by atoms with Gasteiger partial charge in [0.1, 0.15) is 0 Å². The number of ketones is 1. The van der Waals surface area contributed by atoms with E-state index in [-0.39, 0.29) is 0 Å². The Morgan fingerprint density at radius 3 is 1.95 bits per heavy atom. The lowest BCUT2D eigenvalue weighted by atomic mass is 10.1. The fourth-order valence-corrected chi connectivity index (χ4v) is 1.25. The van der Waals surface area contributed by atoms with Crippen molar-refractivity contribution < 1.29 is 39.3 Å². The normalized spacial score (nSPS) is 13.1. The lowest BCUT2D eigenvalue weighted by Crippen LogP contribution is -2.50. The van der Waals surface area contributed by atoms with E-state index in [4.69, 9.17) is 21.1 Å². The number of hydrogen-bond acceptors (Lipinski definition) is 6. The molecule has 6 N–H and O–H groups in total. The van der Waals surface area contributed by atoms with Crippen LogP contribution in [-0.4, -0.2) is 57.0 Å². The number of carbonyl (C=O) groups excluding carboxylic acids is 2. The highest BCUT2D eigenvalue weighted by molar-refractivity contribution is 6.35. The topological polar surface area (TPSA) is 184 Å². The molecule has 10 heteroatoms. The Kier molecular flexibility index (Phi) is 6.86. The molecule has 1 amide bonds. The highest BCUT2D eigenvalue weighted by Crippen LogP contribution is 2.01. The molecule has 0 spiro atoms. The van der Waals surface area contributed by atoms with Gasteiger partial charge in [-0.25, -0.2) is 4.79 Å². The number of amides is 1. The average Bonchev–Trinajstić information content (AvgIpc) is 2.31. The van der Waals surface area contributed by atoms with E-state index in [2.05, 4.69) is 0 Å². The van der Waals surface area contributed by atoms with E-state index in [0.717, 1.165) is 0 Å². The smallest absolute Gasteiger partial charge is 0.374 e. The molecule has 0 aliphatic carbocycles. The molecule has 0 heterocycles. The summed E-state index contributed by atoms with van der Waals surface area (Å²) in [5.74, 6) is -6.91. The predicted octanol–water partition coefficient (Wildman–Crippen LogP) is -2.21. The van der Waals surface area contributed by atoms with Gasteiger partial charge in [-0.3, -0.25) is 19.2 Å². The van der Waals surface area contributed by atoms with Crippen LogP contribution in [0.25, 0.3) is 0 Å². The van der Waals surface area contributed by atoms with Crippen LogP contribution >= 0.6 is 0 Å². The van der Waals surface area contributed by atoms with E-state index in [1.165, 1.54) is 0 Å². The molecule has 0 aromatic rings. The molecule has 0 saturated carbocycles. The first-order valence-corrected chi connectivity index (χ1v) is 5.41. The van der Waals surface area contributed by atoms with Crippen LogP contribution in [0.15, 0.2) is 0 Å². The second kappa shape index (κ2) is 7.84. The van der Waals surface area contributed by atoms with E-state index in [1.807, 2.05) is 5.32 Å². The first-order chi connectivity index (χ1) is 9.15. The molecule has 0 rings (SSSR count). The molecular weight excluding hydrogens is 276 g/mol. The van der Waals surface area contributed by atoms with Gasteiger partial charge >= 0.3 is 17.9 Å². The summed E-state index contributed by atoms with van der Waals surface area (Å²) in [7, 11) is 0. The lowest BCUT2D eigenvalue weighted by molar-refractivity contribution is -0.151. The molecule has 0 radical (unpaired) electrons. The maximum absolute atomic E-state index is 11.5. The van der Waals surface area contributed by atoms with Crippen molar-refractivity contribution in [2.75, 3.05) is 0 Å². The van der Waals surface area contributed by atoms with Crippen molar-refractivity contribution in [1.82, 2.24) is 5.32 Å². The van der Waals surface area contributed by atoms with Crippen LogP contribution in [-0.2, 0) is 24.0 Å². The maximum atomic E-state index is 11.5. The van der Waals surface area contributed by atoms with Gasteiger partial charge in [0.2, 0.25) is 5.91 Å². The predicted molar refractivity (Wildman–Crippen MR) is 61.7 cm³/mol. The highest BCUT2D eigenvalue weighted by atomic mass is 16.4. The standard InChI is InChI=1S/C10H14N2O8/c11-4(3-7(15)16)9(18)12-5(1-2-6(13)14)8(17)10(19)20/h4-5H,1-3,11H2,(H,12,18)(H,13,14)(H,15,16)(H,19,20)/t4-,5-/m0/s1. The lowest BCUT2D eigenvalue weighted by Gasteiger charge is -2.17. The van der Waals surface area contributed by atoms with Crippen molar-refractivity contribution in [1.29, 1.82) is 0 Å². The number of aliphatic carboxylic acids is 3. The Bertz CT molecular complexity index is 433. The summed E-state index contributed by atoms with van der Waals surface area (Å²) in [6, 6.07) is -3.04. The Balaban J connectivity index is 4.74. The fourth-order valence-electron chi connectivity index (χ4n) is 1.25. The number of hydrogen-bond donors (Lipinski definition) is 5. The number of rotatable bonds is 9. The van der Waals surface area contributed by atoms with Crippen molar-refractivity contribution in [2.24, 2.45) is 5.73 Å². The first-order valence-electron chi connectivity index (χ1n) is 5.41. The summed E-state index contributed by atoms with van der Waals surface area (Å²) in [6.45, 7) is 0. The summed E-state index contributed by atoms with van der Waals surface area (Å²) in [6.07, 6.45) is -1.69. The van der Waals surface area contributed by atoms with Gasteiger partial charge in [-0.2, -0.15) is 0 Å². The fraction of sp³-hybridized carbons (Fsp3) is 0.500. The number of carboxylic acid groups (broad SMARTS) is 3. The van der Waals surface area contributed by atoms with Gasteiger partial charge in [0.15, 0.2) is 0 Å². The summed E-state index contributed by atoms with van der Waals surface area (Å²) < 4.78 is 0. The molecule has 112 valence electrons. The molecule has 0 aliphatic heterocycles. The van der Waals surface area contributed by atoms with Gasteiger partial charge < -0.3 is 26.4 Å². The molecule has 0 unspecified atom stereocenters. The molecule has 10 nitrogen and oxygen atoms in total. The molecular formula is C10H14N2O8. The van der Waals surface area contributed by atoms with Gasteiger partial charge in [0.25, 0.3) is 5.78 Å². The summed E-state index contributed by atoms with van der Waals surface area (Å²) in [5, 5.41) is 27.4. The third-order valence-corrected chi connectivity index (χ3v) is 2.22. The third-order valence-electron chi connectivity index (χ3n) is 2.22. The van der Waals surface area contributed by atoms with Crippen LogP contribution in [0.1, 0.15) is 19.3 Å². The zero-order chi connectivity index (χ0) is 15.9. The molecule has 0 aromatic carbocycles. The number of carbonyl (C=O) groups is 5. The van der Waals surface area contributed by atoms with E-state index in [0.29, 0.717) is 0 Å². The van der Waals surface area contributed by atoms with Crippen molar-refractivity contribution in [3.05, 3.63) is 0 Å². The van der Waals surface area contributed by atoms with Crippen LogP contribution in [0.5, 0.6) is 0 Å².